The molecule has 1 unspecified atom stereocenters. The molecule has 4 nitrogen and oxygen atoms in total. The van der Waals surface area contributed by atoms with E-state index in [1.54, 1.807) is 45.0 Å². The number of hydrogen-bond donors (Lipinski definition) is 2. The molecule has 0 radical (unpaired) electrons. The molecule has 1 aromatic rings. The van der Waals surface area contributed by atoms with Crippen LogP contribution >= 0.6 is 0 Å². The molecule has 0 aliphatic heterocycles. The molecule has 0 spiro atoms. The van der Waals surface area contributed by atoms with Crippen molar-refractivity contribution in [3.63, 3.8) is 0 Å². The van der Waals surface area contributed by atoms with E-state index in [-0.39, 0.29) is 6.61 Å². The maximum atomic E-state index is 12.2. The zero-order valence-electron chi connectivity index (χ0n) is 12.1. The molecule has 2 N–H and O–H groups in total. The van der Waals surface area contributed by atoms with Gasteiger partial charge in [0.25, 0.3) is 0 Å². The van der Waals surface area contributed by atoms with E-state index in [9.17, 15) is 14.3 Å². The lowest BCUT2D eigenvalue weighted by Crippen LogP contribution is -2.36. The van der Waals surface area contributed by atoms with E-state index >= 15 is 0 Å². The number of ether oxygens (including phenoxy) is 1. The summed E-state index contributed by atoms with van der Waals surface area (Å²) in [5, 5.41) is 12.0. The van der Waals surface area contributed by atoms with Gasteiger partial charge in [-0.1, -0.05) is 24.3 Å². The van der Waals surface area contributed by atoms with E-state index in [1.807, 2.05) is 0 Å². The van der Waals surface area contributed by atoms with Crippen LogP contribution in [0.2, 0.25) is 0 Å². The second kappa shape index (κ2) is 7.24. The van der Waals surface area contributed by atoms with E-state index in [0.29, 0.717) is 6.42 Å². The number of halogens is 1. The molecule has 0 aliphatic carbocycles. The third-order valence-corrected chi connectivity index (χ3v) is 2.64. The van der Waals surface area contributed by atoms with Crippen LogP contribution in [-0.4, -0.2) is 30.1 Å². The Morgan fingerprint density at radius 2 is 1.95 bits per heavy atom. The van der Waals surface area contributed by atoms with Gasteiger partial charge in [0.15, 0.2) is 0 Å². The monoisotopic (exact) mass is 283 g/mol. The van der Waals surface area contributed by atoms with Crippen molar-refractivity contribution in [2.45, 2.75) is 38.8 Å². The average molecular weight is 283 g/mol. The predicted octanol–water partition coefficient (Wildman–Crippen LogP) is 2.76. The Morgan fingerprint density at radius 1 is 1.35 bits per heavy atom. The largest absolute Gasteiger partial charge is 0.444 e. The number of rotatable bonds is 5. The van der Waals surface area contributed by atoms with Crippen LogP contribution in [0.4, 0.5) is 9.18 Å². The summed E-state index contributed by atoms with van der Waals surface area (Å²) in [5.74, 6) is 0. The molecule has 0 aromatic heterocycles. The fraction of sp³-hybridized carbons (Fsp3) is 0.533. The van der Waals surface area contributed by atoms with Gasteiger partial charge in [-0.05, 0) is 31.9 Å². The van der Waals surface area contributed by atoms with Gasteiger partial charge in [-0.3, -0.25) is 4.39 Å². The first-order valence-corrected chi connectivity index (χ1v) is 6.61. The molecule has 0 aliphatic rings. The highest BCUT2D eigenvalue weighted by molar-refractivity contribution is 5.68. The first kappa shape index (κ1) is 16.4. The van der Waals surface area contributed by atoms with Gasteiger partial charge in [0.2, 0.25) is 0 Å². The lowest BCUT2D eigenvalue weighted by molar-refractivity contribution is 0.0482. The number of amides is 1. The van der Waals surface area contributed by atoms with Crippen molar-refractivity contribution in [1.29, 1.82) is 0 Å². The third-order valence-electron chi connectivity index (χ3n) is 2.64. The van der Waals surface area contributed by atoms with Gasteiger partial charge in [-0.2, -0.15) is 0 Å². The van der Waals surface area contributed by atoms with Crippen molar-refractivity contribution in [2.75, 3.05) is 13.3 Å². The summed E-state index contributed by atoms with van der Waals surface area (Å²) < 4.78 is 17.4. The van der Waals surface area contributed by atoms with Gasteiger partial charge in [-0.15, -0.1) is 0 Å². The van der Waals surface area contributed by atoms with Crippen LogP contribution in [-0.2, 0) is 11.2 Å². The van der Waals surface area contributed by atoms with Crippen molar-refractivity contribution >= 4 is 6.09 Å². The van der Waals surface area contributed by atoms with Gasteiger partial charge in [0.05, 0.1) is 19.3 Å². The maximum absolute atomic E-state index is 12.2. The first-order valence-electron chi connectivity index (χ1n) is 6.61. The number of aliphatic hydroxyl groups excluding tert-OH is 1. The molecular formula is C15H22FNO3. The summed E-state index contributed by atoms with van der Waals surface area (Å²) in [6.45, 7) is 4.67. The van der Waals surface area contributed by atoms with Gasteiger partial charge in [-0.25, -0.2) is 4.79 Å². The fourth-order valence-electron chi connectivity index (χ4n) is 1.71. The summed E-state index contributed by atoms with van der Waals surface area (Å²) >= 11 is 0. The molecule has 20 heavy (non-hydrogen) atoms. The van der Waals surface area contributed by atoms with Crippen LogP contribution in [0.15, 0.2) is 24.3 Å². The predicted molar refractivity (Wildman–Crippen MR) is 75.3 cm³/mol. The standard InChI is InChI=1S/C15H22FNO3/c1-15(2,3)20-14(19)17-13(10-18)12-6-4-11(5-7-12)8-9-16/h4-7,13,18H,8-10H2,1-3H3,(H,17,19). The average Bonchev–Trinajstić information content (AvgIpc) is 2.35. The first-order chi connectivity index (χ1) is 9.35. The summed E-state index contributed by atoms with van der Waals surface area (Å²) in [5.41, 5.74) is 1.04. The minimum atomic E-state index is -0.588. The van der Waals surface area contributed by atoms with Gasteiger partial charge in [0.1, 0.15) is 5.60 Å². The number of alkyl carbamates (subject to hydrolysis) is 1. The number of hydrogen-bond acceptors (Lipinski definition) is 3. The Kier molecular flexibility index (Phi) is 5.95. The van der Waals surface area contributed by atoms with Crippen molar-refractivity contribution < 1.29 is 19.0 Å². The van der Waals surface area contributed by atoms with Crippen LogP contribution in [0.1, 0.15) is 37.9 Å². The van der Waals surface area contributed by atoms with Crippen LogP contribution in [0.25, 0.3) is 0 Å². The van der Waals surface area contributed by atoms with Gasteiger partial charge >= 0.3 is 6.09 Å². The Morgan fingerprint density at radius 3 is 2.40 bits per heavy atom. The highest BCUT2D eigenvalue weighted by Gasteiger charge is 2.20. The summed E-state index contributed by atoms with van der Waals surface area (Å²) in [6, 6.07) is 6.57. The molecule has 1 amide bonds. The van der Waals surface area contributed by atoms with E-state index in [2.05, 4.69) is 5.32 Å². The number of nitrogens with one attached hydrogen (secondary N) is 1. The topological polar surface area (TPSA) is 58.6 Å². The zero-order chi connectivity index (χ0) is 15.2. The lowest BCUT2D eigenvalue weighted by Gasteiger charge is -2.23. The highest BCUT2D eigenvalue weighted by atomic mass is 19.1. The molecule has 0 saturated heterocycles. The summed E-state index contributed by atoms with van der Waals surface area (Å²) in [6.07, 6.45) is -0.215. The molecule has 1 aromatic carbocycles. The Hall–Kier alpha value is -1.62. The zero-order valence-corrected chi connectivity index (χ0v) is 12.1. The Balaban J connectivity index is 2.68. The van der Waals surface area contributed by atoms with Gasteiger partial charge in [0, 0.05) is 6.42 Å². The van der Waals surface area contributed by atoms with E-state index in [0.717, 1.165) is 11.1 Å². The maximum Gasteiger partial charge on any atom is 0.408 e. The molecule has 1 atom stereocenters. The third kappa shape index (κ3) is 5.57. The normalized spacial score (nSPS) is 12.8. The van der Waals surface area contributed by atoms with Crippen LogP contribution in [0, 0.1) is 0 Å². The van der Waals surface area contributed by atoms with Crippen molar-refractivity contribution in [2.24, 2.45) is 0 Å². The van der Waals surface area contributed by atoms with Gasteiger partial charge < -0.3 is 15.2 Å². The molecule has 5 heteroatoms. The molecule has 0 bridgehead atoms. The number of aryl methyl sites for hydroxylation is 1. The number of carbonyl (C=O) groups excluding carboxylic acids is 1. The second-order valence-electron chi connectivity index (χ2n) is 5.56. The smallest absolute Gasteiger partial charge is 0.408 e. The Bertz CT molecular complexity index is 426. The van der Waals surface area contributed by atoms with Crippen molar-refractivity contribution in [1.82, 2.24) is 5.32 Å². The Labute approximate surface area is 119 Å². The molecular weight excluding hydrogens is 261 g/mol. The number of benzene rings is 1. The van der Waals surface area contributed by atoms with Crippen molar-refractivity contribution in [3.05, 3.63) is 35.4 Å². The highest BCUT2D eigenvalue weighted by Crippen LogP contribution is 2.15. The molecule has 112 valence electrons. The molecule has 0 saturated carbocycles. The minimum absolute atomic E-state index is 0.234. The number of alkyl halides is 1. The number of aliphatic hydroxyl groups is 1. The van der Waals surface area contributed by atoms with Crippen LogP contribution in [0.5, 0.6) is 0 Å². The molecule has 1 rings (SSSR count). The minimum Gasteiger partial charge on any atom is -0.444 e. The molecule has 0 fully saturated rings. The molecule has 0 heterocycles. The summed E-state index contributed by atoms with van der Waals surface area (Å²) in [7, 11) is 0. The summed E-state index contributed by atoms with van der Waals surface area (Å²) in [4.78, 5) is 11.7. The van der Waals surface area contributed by atoms with Crippen LogP contribution in [0.3, 0.4) is 0 Å². The quantitative estimate of drug-likeness (QED) is 0.873. The SMILES string of the molecule is CC(C)(C)OC(=O)NC(CO)c1ccc(CCF)cc1. The van der Waals surface area contributed by atoms with E-state index < -0.39 is 24.4 Å². The lowest BCUT2D eigenvalue weighted by atomic mass is 10.0. The van der Waals surface area contributed by atoms with E-state index in [1.165, 1.54) is 0 Å². The van der Waals surface area contributed by atoms with E-state index in [4.69, 9.17) is 4.74 Å². The second-order valence-corrected chi connectivity index (χ2v) is 5.56. The van der Waals surface area contributed by atoms with Crippen molar-refractivity contribution in [3.8, 4) is 0 Å². The number of carbonyl (C=O) groups is 1. The van der Waals surface area contributed by atoms with Crippen LogP contribution < -0.4 is 5.32 Å². The fourth-order valence-corrected chi connectivity index (χ4v) is 1.71.